The number of halogens is 2. The molecule has 3 rings (SSSR count). The Balaban J connectivity index is 1.81. The summed E-state index contributed by atoms with van der Waals surface area (Å²) in [4.78, 5) is 21.0. The molecule has 0 unspecified atom stereocenters. The van der Waals surface area contributed by atoms with Crippen molar-refractivity contribution in [2.75, 3.05) is 6.61 Å². The van der Waals surface area contributed by atoms with Crippen molar-refractivity contribution < 1.29 is 13.9 Å². The molecule has 0 aliphatic carbocycles. The molecule has 0 spiro atoms. The van der Waals surface area contributed by atoms with Crippen LogP contribution < -0.4 is 0 Å². The van der Waals surface area contributed by atoms with Crippen molar-refractivity contribution in [2.24, 2.45) is 0 Å². The van der Waals surface area contributed by atoms with Gasteiger partial charge in [-0.15, -0.1) is 0 Å². The number of carbonyl (C=O) groups excluding carboxylic acids is 1. The second-order valence-corrected chi connectivity index (χ2v) is 7.25. The summed E-state index contributed by atoms with van der Waals surface area (Å²) in [5.74, 6) is -0.801. The molecular weight excluding hydrogens is 411 g/mol. The summed E-state index contributed by atoms with van der Waals surface area (Å²) in [6.45, 7) is 2.09. The average Bonchev–Trinajstić information content (AvgIpc) is 2.71. The van der Waals surface area contributed by atoms with E-state index in [4.69, 9.17) is 28.6 Å². The van der Waals surface area contributed by atoms with Crippen LogP contribution in [0.1, 0.15) is 19.0 Å². The highest BCUT2D eigenvalue weighted by atomic mass is 35.5. The first-order chi connectivity index (χ1) is 14.0. The predicted molar refractivity (Wildman–Crippen MR) is 115 cm³/mol. The number of benzene rings is 1. The summed E-state index contributed by atoms with van der Waals surface area (Å²) in [5, 5.41) is 0.0442. The quantitative estimate of drug-likeness (QED) is 0.369. The van der Waals surface area contributed by atoms with Gasteiger partial charge in [-0.05, 0) is 37.3 Å². The predicted octanol–water partition coefficient (Wildman–Crippen LogP) is 5.47. The van der Waals surface area contributed by atoms with Crippen molar-refractivity contribution in [2.45, 2.75) is 19.8 Å². The Labute approximate surface area is 178 Å². The fourth-order valence-electron chi connectivity index (χ4n) is 2.84. The number of carbonyl (C=O) groups is 1. The number of thiocarbonyl (C=S) groups is 1. The van der Waals surface area contributed by atoms with Gasteiger partial charge in [-0.2, -0.15) is 0 Å². The van der Waals surface area contributed by atoms with Gasteiger partial charge in [0.05, 0.1) is 23.7 Å². The summed E-state index contributed by atoms with van der Waals surface area (Å²) < 4.78 is 18.4. The van der Waals surface area contributed by atoms with Crippen LogP contribution in [0.5, 0.6) is 0 Å². The van der Waals surface area contributed by atoms with Gasteiger partial charge in [-0.3, -0.25) is 14.8 Å². The van der Waals surface area contributed by atoms with E-state index in [1.807, 2.05) is 24.3 Å². The van der Waals surface area contributed by atoms with Crippen LogP contribution in [0.25, 0.3) is 22.4 Å². The lowest BCUT2D eigenvalue weighted by Crippen LogP contribution is -2.12. The topological polar surface area (TPSA) is 52.1 Å². The summed E-state index contributed by atoms with van der Waals surface area (Å²) in [6, 6.07) is 12.0. The molecule has 1 aromatic carbocycles. The highest BCUT2D eigenvalue weighted by Crippen LogP contribution is 2.31. The van der Waals surface area contributed by atoms with Crippen LogP contribution in [0.2, 0.25) is 5.02 Å². The summed E-state index contributed by atoms with van der Waals surface area (Å²) >= 11 is 11.2. The first-order valence-electron chi connectivity index (χ1n) is 9.01. The molecule has 0 aliphatic rings. The Bertz CT molecular complexity index is 1040. The molecule has 0 aliphatic heterocycles. The van der Waals surface area contributed by atoms with E-state index in [0.29, 0.717) is 29.1 Å². The standard InChI is InChI=1S/C22H18ClFN2O2S/c1-2-28-21(27)12-17(29)11-16-7-5-15(13-26-16)18-4-3-9-25-22(18)14-6-8-20(24)19(23)10-14/h3-10,13H,2,11-12H2,1H3. The second kappa shape index (κ2) is 9.67. The van der Waals surface area contributed by atoms with Crippen LogP contribution >= 0.6 is 23.8 Å². The van der Waals surface area contributed by atoms with Gasteiger partial charge in [0, 0.05) is 46.1 Å². The maximum Gasteiger partial charge on any atom is 0.310 e. The number of pyridine rings is 2. The number of ether oxygens (including phenoxy) is 1. The van der Waals surface area contributed by atoms with Crippen molar-refractivity contribution in [3.8, 4) is 22.4 Å². The molecule has 2 aromatic heterocycles. The van der Waals surface area contributed by atoms with Gasteiger partial charge < -0.3 is 4.74 Å². The van der Waals surface area contributed by atoms with Gasteiger partial charge in [0.1, 0.15) is 5.82 Å². The zero-order valence-electron chi connectivity index (χ0n) is 15.7. The molecule has 0 amide bonds. The van der Waals surface area contributed by atoms with Crippen LogP contribution in [-0.4, -0.2) is 27.4 Å². The Hall–Kier alpha value is -2.70. The molecule has 2 heterocycles. The van der Waals surface area contributed by atoms with E-state index >= 15 is 0 Å². The van der Waals surface area contributed by atoms with Crippen molar-refractivity contribution >= 4 is 34.7 Å². The molecule has 0 N–H and O–H groups in total. The highest BCUT2D eigenvalue weighted by Gasteiger charge is 2.12. The molecule has 0 saturated heterocycles. The first-order valence-corrected chi connectivity index (χ1v) is 9.79. The molecule has 0 atom stereocenters. The number of esters is 1. The van der Waals surface area contributed by atoms with Crippen molar-refractivity contribution in [3.05, 3.63) is 71.4 Å². The zero-order chi connectivity index (χ0) is 20.8. The van der Waals surface area contributed by atoms with Crippen molar-refractivity contribution in [1.29, 1.82) is 0 Å². The fraction of sp³-hybridized carbons (Fsp3) is 0.182. The highest BCUT2D eigenvalue weighted by molar-refractivity contribution is 7.80. The molecule has 0 fully saturated rings. The van der Waals surface area contributed by atoms with E-state index in [-0.39, 0.29) is 17.4 Å². The number of nitrogens with zero attached hydrogens (tertiary/aromatic N) is 2. The zero-order valence-corrected chi connectivity index (χ0v) is 17.3. The van der Waals surface area contributed by atoms with E-state index in [1.54, 1.807) is 31.5 Å². The third kappa shape index (κ3) is 5.43. The van der Waals surface area contributed by atoms with E-state index in [2.05, 4.69) is 9.97 Å². The van der Waals surface area contributed by atoms with Crippen LogP contribution in [0.3, 0.4) is 0 Å². The monoisotopic (exact) mass is 428 g/mol. The third-order valence-electron chi connectivity index (χ3n) is 4.16. The molecule has 3 aromatic rings. The van der Waals surface area contributed by atoms with Gasteiger partial charge in [0.25, 0.3) is 0 Å². The van der Waals surface area contributed by atoms with Crippen molar-refractivity contribution in [1.82, 2.24) is 9.97 Å². The van der Waals surface area contributed by atoms with Gasteiger partial charge in [-0.1, -0.05) is 36.0 Å². The van der Waals surface area contributed by atoms with Gasteiger partial charge in [0.15, 0.2) is 0 Å². The molecule has 0 bridgehead atoms. The molecule has 29 heavy (non-hydrogen) atoms. The largest absolute Gasteiger partial charge is 0.466 e. The van der Waals surface area contributed by atoms with Gasteiger partial charge in [-0.25, -0.2) is 4.39 Å². The Kier molecular flexibility index (Phi) is 7.01. The fourth-order valence-corrected chi connectivity index (χ4v) is 3.28. The molecule has 7 heteroatoms. The summed E-state index contributed by atoms with van der Waals surface area (Å²) in [6.07, 6.45) is 3.92. The molecule has 148 valence electrons. The number of aromatic nitrogens is 2. The lowest BCUT2D eigenvalue weighted by molar-refractivity contribution is -0.141. The lowest BCUT2D eigenvalue weighted by Gasteiger charge is -2.10. The minimum atomic E-state index is -0.474. The van der Waals surface area contributed by atoms with Gasteiger partial charge >= 0.3 is 5.97 Å². The van der Waals surface area contributed by atoms with Crippen LogP contribution in [0.4, 0.5) is 4.39 Å². The molecular formula is C22H18ClFN2O2S. The minimum absolute atomic E-state index is 0.0442. The second-order valence-electron chi connectivity index (χ2n) is 6.26. The Morgan fingerprint density at radius 3 is 2.66 bits per heavy atom. The van der Waals surface area contributed by atoms with Crippen LogP contribution in [0, 0.1) is 5.82 Å². The molecule has 0 saturated carbocycles. The Morgan fingerprint density at radius 1 is 1.17 bits per heavy atom. The lowest BCUT2D eigenvalue weighted by atomic mass is 10.00. The summed E-state index contributed by atoms with van der Waals surface area (Å²) in [7, 11) is 0. The third-order valence-corrected chi connectivity index (χ3v) is 4.74. The average molecular weight is 429 g/mol. The Morgan fingerprint density at radius 2 is 1.97 bits per heavy atom. The minimum Gasteiger partial charge on any atom is -0.466 e. The maximum absolute atomic E-state index is 13.5. The smallest absolute Gasteiger partial charge is 0.310 e. The van der Waals surface area contributed by atoms with E-state index in [1.165, 1.54) is 6.07 Å². The van der Waals surface area contributed by atoms with E-state index in [9.17, 15) is 9.18 Å². The molecule has 4 nitrogen and oxygen atoms in total. The first kappa shape index (κ1) is 21.0. The van der Waals surface area contributed by atoms with E-state index in [0.717, 1.165) is 16.8 Å². The normalized spacial score (nSPS) is 10.6. The molecule has 0 radical (unpaired) electrons. The number of rotatable bonds is 7. The number of hydrogen-bond donors (Lipinski definition) is 0. The number of hydrogen-bond acceptors (Lipinski definition) is 5. The summed E-state index contributed by atoms with van der Waals surface area (Å²) in [5.41, 5.74) is 3.86. The van der Waals surface area contributed by atoms with Crippen LogP contribution in [-0.2, 0) is 16.0 Å². The maximum atomic E-state index is 13.5. The van der Waals surface area contributed by atoms with Crippen molar-refractivity contribution in [3.63, 3.8) is 0 Å². The van der Waals surface area contributed by atoms with Gasteiger partial charge in [0.2, 0.25) is 0 Å². The SMILES string of the molecule is CCOC(=O)CC(=S)Cc1ccc(-c2cccnc2-c2ccc(F)c(Cl)c2)cn1. The van der Waals surface area contributed by atoms with Crippen LogP contribution in [0.15, 0.2) is 54.9 Å². The van der Waals surface area contributed by atoms with E-state index < -0.39 is 5.82 Å².